The van der Waals surface area contributed by atoms with Gasteiger partial charge in [0, 0.05) is 30.9 Å². The molecule has 1 unspecified atom stereocenters. The molecule has 1 aliphatic rings. The van der Waals surface area contributed by atoms with Crippen LogP contribution in [-0.2, 0) is 9.47 Å². The minimum absolute atomic E-state index is 0.126. The van der Waals surface area contributed by atoms with E-state index in [2.05, 4.69) is 0 Å². The van der Waals surface area contributed by atoms with Crippen LogP contribution in [0.5, 0.6) is 5.75 Å². The van der Waals surface area contributed by atoms with Gasteiger partial charge in [-0.05, 0) is 32.9 Å². The lowest BCUT2D eigenvalue weighted by Gasteiger charge is -2.36. The molecule has 0 spiro atoms. The van der Waals surface area contributed by atoms with Gasteiger partial charge in [-0.3, -0.25) is 10.1 Å². The second-order valence-corrected chi connectivity index (χ2v) is 5.26. The Morgan fingerprint density at radius 3 is 2.48 bits per heavy atom. The van der Waals surface area contributed by atoms with Crippen LogP contribution < -0.4 is 4.74 Å². The molecule has 1 aromatic carbocycles. The van der Waals surface area contributed by atoms with Gasteiger partial charge in [0.2, 0.25) is 6.29 Å². The SMILES string of the molecule is COC(OC)C1(C)C=Cc2c(cc(C)c([N+](=O)[O-])c2C)O1. The lowest BCUT2D eigenvalue weighted by molar-refractivity contribution is -0.386. The van der Waals surface area contributed by atoms with Gasteiger partial charge in [0.1, 0.15) is 5.75 Å². The summed E-state index contributed by atoms with van der Waals surface area (Å²) in [6.45, 7) is 5.27. The summed E-state index contributed by atoms with van der Waals surface area (Å²) < 4.78 is 16.5. The number of benzene rings is 1. The van der Waals surface area contributed by atoms with Crippen molar-refractivity contribution in [2.75, 3.05) is 14.2 Å². The summed E-state index contributed by atoms with van der Waals surface area (Å²) in [7, 11) is 3.08. The van der Waals surface area contributed by atoms with Crippen molar-refractivity contribution >= 4 is 11.8 Å². The highest BCUT2D eigenvalue weighted by molar-refractivity contribution is 5.70. The fourth-order valence-electron chi connectivity index (χ4n) is 2.73. The second-order valence-electron chi connectivity index (χ2n) is 5.26. The molecule has 0 saturated carbocycles. The number of nitro groups is 1. The van der Waals surface area contributed by atoms with Crippen LogP contribution in [0.3, 0.4) is 0 Å². The van der Waals surface area contributed by atoms with E-state index in [0.29, 0.717) is 16.9 Å². The average molecular weight is 293 g/mol. The zero-order chi connectivity index (χ0) is 15.8. The normalized spacial score (nSPS) is 20.3. The molecule has 114 valence electrons. The summed E-state index contributed by atoms with van der Waals surface area (Å²) in [6, 6.07) is 1.69. The first-order valence-electron chi connectivity index (χ1n) is 6.56. The molecule has 1 aromatic rings. The summed E-state index contributed by atoms with van der Waals surface area (Å²) in [6.07, 6.45) is 3.06. The molecule has 1 atom stereocenters. The Balaban J connectivity index is 2.52. The quantitative estimate of drug-likeness (QED) is 0.485. The van der Waals surface area contributed by atoms with Gasteiger partial charge in [-0.1, -0.05) is 6.08 Å². The number of methoxy groups -OCH3 is 2. The molecule has 0 radical (unpaired) electrons. The van der Waals surface area contributed by atoms with E-state index < -0.39 is 11.9 Å². The number of nitrogens with zero attached hydrogens (tertiary/aromatic N) is 1. The monoisotopic (exact) mass is 293 g/mol. The van der Waals surface area contributed by atoms with E-state index in [1.807, 2.05) is 13.0 Å². The third-order valence-corrected chi connectivity index (χ3v) is 3.74. The van der Waals surface area contributed by atoms with Gasteiger partial charge in [-0.2, -0.15) is 0 Å². The maximum atomic E-state index is 11.2. The van der Waals surface area contributed by atoms with Crippen molar-refractivity contribution in [2.45, 2.75) is 32.7 Å². The molecule has 0 aromatic heterocycles. The number of fused-ring (bicyclic) bond motifs is 1. The van der Waals surface area contributed by atoms with Crippen LogP contribution in [0.4, 0.5) is 5.69 Å². The number of rotatable bonds is 4. The summed E-state index contributed by atoms with van der Waals surface area (Å²) in [5.74, 6) is 0.597. The standard InChI is InChI=1S/C15H19NO5/c1-9-8-12-11(10(2)13(9)16(17)18)6-7-15(3,21-12)14(19-4)20-5/h6-8,14H,1-5H3. The van der Waals surface area contributed by atoms with Gasteiger partial charge < -0.3 is 14.2 Å². The molecule has 1 aliphatic heterocycles. The van der Waals surface area contributed by atoms with Crippen molar-refractivity contribution in [3.8, 4) is 5.75 Å². The van der Waals surface area contributed by atoms with Crippen molar-refractivity contribution in [1.29, 1.82) is 0 Å². The highest BCUT2D eigenvalue weighted by atomic mass is 16.7. The van der Waals surface area contributed by atoms with Crippen LogP contribution in [-0.4, -0.2) is 31.0 Å². The first kappa shape index (κ1) is 15.5. The van der Waals surface area contributed by atoms with Crippen LogP contribution in [0.1, 0.15) is 23.6 Å². The predicted molar refractivity (Wildman–Crippen MR) is 78.4 cm³/mol. The predicted octanol–water partition coefficient (Wildman–Crippen LogP) is 2.99. The van der Waals surface area contributed by atoms with E-state index >= 15 is 0 Å². The second kappa shape index (κ2) is 5.46. The van der Waals surface area contributed by atoms with E-state index in [1.54, 1.807) is 40.2 Å². The summed E-state index contributed by atoms with van der Waals surface area (Å²) in [5, 5.41) is 11.2. The molecule has 0 bridgehead atoms. The van der Waals surface area contributed by atoms with Crippen LogP contribution in [0.15, 0.2) is 12.1 Å². The molecule has 21 heavy (non-hydrogen) atoms. The fraction of sp³-hybridized carbons (Fsp3) is 0.467. The van der Waals surface area contributed by atoms with E-state index in [9.17, 15) is 10.1 Å². The topological polar surface area (TPSA) is 70.8 Å². The van der Waals surface area contributed by atoms with E-state index in [-0.39, 0.29) is 10.6 Å². The Hall–Kier alpha value is -1.92. The molecular weight excluding hydrogens is 274 g/mol. The van der Waals surface area contributed by atoms with Crippen molar-refractivity contribution in [2.24, 2.45) is 0 Å². The van der Waals surface area contributed by atoms with Crippen LogP contribution in [0.25, 0.3) is 6.08 Å². The van der Waals surface area contributed by atoms with E-state index in [0.717, 1.165) is 5.56 Å². The zero-order valence-corrected chi connectivity index (χ0v) is 12.8. The van der Waals surface area contributed by atoms with Gasteiger partial charge >= 0.3 is 0 Å². The third-order valence-electron chi connectivity index (χ3n) is 3.74. The van der Waals surface area contributed by atoms with Crippen LogP contribution >= 0.6 is 0 Å². The minimum Gasteiger partial charge on any atom is -0.477 e. The lowest BCUT2D eigenvalue weighted by atomic mass is 9.94. The highest BCUT2D eigenvalue weighted by Crippen LogP contribution is 2.40. The molecule has 0 amide bonds. The molecule has 0 aliphatic carbocycles. The lowest BCUT2D eigenvalue weighted by Crippen LogP contribution is -2.46. The molecular formula is C15H19NO5. The summed E-state index contributed by atoms with van der Waals surface area (Å²) in [5.41, 5.74) is 1.22. The number of ether oxygens (including phenoxy) is 3. The molecule has 0 N–H and O–H groups in total. The maximum absolute atomic E-state index is 11.2. The first-order chi connectivity index (χ1) is 9.84. The molecule has 2 rings (SSSR count). The molecule has 1 heterocycles. The van der Waals surface area contributed by atoms with Crippen LogP contribution in [0, 0.1) is 24.0 Å². The Morgan fingerprint density at radius 2 is 1.95 bits per heavy atom. The van der Waals surface area contributed by atoms with E-state index in [4.69, 9.17) is 14.2 Å². The Morgan fingerprint density at radius 1 is 1.33 bits per heavy atom. The zero-order valence-electron chi connectivity index (χ0n) is 12.8. The highest BCUT2D eigenvalue weighted by Gasteiger charge is 2.38. The Kier molecular flexibility index (Phi) is 4.02. The molecule has 0 saturated heterocycles. The third kappa shape index (κ3) is 2.52. The number of aryl methyl sites for hydroxylation is 1. The molecule has 6 nitrogen and oxygen atoms in total. The fourth-order valence-corrected chi connectivity index (χ4v) is 2.73. The summed E-state index contributed by atoms with van der Waals surface area (Å²) in [4.78, 5) is 10.8. The van der Waals surface area contributed by atoms with Gasteiger partial charge in [0.25, 0.3) is 5.69 Å². The van der Waals surface area contributed by atoms with Gasteiger partial charge in [0.05, 0.1) is 4.92 Å². The number of nitro benzene ring substituents is 1. The van der Waals surface area contributed by atoms with Crippen molar-refractivity contribution < 1.29 is 19.1 Å². The minimum atomic E-state index is -0.786. The van der Waals surface area contributed by atoms with Crippen molar-refractivity contribution in [1.82, 2.24) is 0 Å². The number of hydrogen-bond donors (Lipinski definition) is 0. The smallest absolute Gasteiger partial charge is 0.276 e. The summed E-state index contributed by atoms with van der Waals surface area (Å²) >= 11 is 0. The van der Waals surface area contributed by atoms with Gasteiger partial charge in [0.15, 0.2) is 5.60 Å². The van der Waals surface area contributed by atoms with Crippen LogP contribution in [0.2, 0.25) is 0 Å². The Bertz CT molecular complexity index is 607. The van der Waals surface area contributed by atoms with Crippen molar-refractivity contribution in [3.05, 3.63) is 38.9 Å². The van der Waals surface area contributed by atoms with E-state index in [1.165, 1.54) is 0 Å². The Labute approximate surface area is 123 Å². The van der Waals surface area contributed by atoms with Gasteiger partial charge in [-0.25, -0.2) is 0 Å². The molecule has 6 heteroatoms. The van der Waals surface area contributed by atoms with Gasteiger partial charge in [-0.15, -0.1) is 0 Å². The maximum Gasteiger partial charge on any atom is 0.276 e. The molecule has 0 fully saturated rings. The largest absolute Gasteiger partial charge is 0.477 e. The number of hydrogen-bond acceptors (Lipinski definition) is 5. The average Bonchev–Trinajstić information content (AvgIpc) is 2.38. The van der Waals surface area contributed by atoms with Crippen molar-refractivity contribution in [3.63, 3.8) is 0 Å². The first-order valence-corrected chi connectivity index (χ1v) is 6.56.